The minimum absolute atomic E-state index is 0.0295. The molecule has 1 unspecified atom stereocenters. The van der Waals surface area contributed by atoms with E-state index in [1.54, 1.807) is 6.92 Å². The van der Waals surface area contributed by atoms with Crippen LogP contribution in [0.1, 0.15) is 26.2 Å². The smallest absolute Gasteiger partial charge is 0.390 e. The highest BCUT2D eigenvalue weighted by Crippen LogP contribution is 2.17. The van der Waals surface area contributed by atoms with Crippen LogP contribution in [0.2, 0.25) is 0 Å². The van der Waals surface area contributed by atoms with Crippen LogP contribution in [0.25, 0.3) is 0 Å². The van der Waals surface area contributed by atoms with Crippen molar-refractivity contribution in [3.05, 3.63) is 0 Å². The lowest BCUT2D eigenvalue weighted by atomic mass is 10.2. The number of alkyl halides is 3. The van der Waals surface area contributed by atoms with Crippen molar-refractivity contribution in [2.24, 2.45) is 0 Å². The van der Waals surface area contributed by atoms with Crippen molar-refractivity contribution >= 4 is 6.03 Å². The fourth-order valence-electron chi connectivity index (χ4n) is 1.06. The maximum absolute atomic E-state index is 11.7. The van der Waals surface area contributed by atoms with Crippen LogP contribution in [-0.2, 0) is 0 Å². The lowest BCUT2D eigenvalue weighted by molar-refractivity contribution is -0.132. The van der Waals surface area contributed by atoms with Crippen LogP contribution in [0.4, 0.5) is 18.0 Å². The van der Waals surface area contributed by atoms with Crippen LogP contribution in [0.5, 0.6) is 0 Å². The first kappa shape index (κ1) is 15.0. The molecular formula is C9H17F3N2O2. The monoisotopic (exact) mass is 242 g/mol. The predicted molar refractivity (Wildman–Crippen MR) is 53.0 cm³/mol. The Balaban J connectivity index is 3.58. The molecule has 0 aliphatic carbocycles. The normalized spacial score (nSPS) is 13.3. The first-order valence-corrected chi connectivity index (χ1v) is 5.07. The van der Waals surface area contributed by atoms with Gasteiger partial charge in [0, 0.05) is 19.2 Å². The summed E-state index contributed by atoms with van der Waals surface area (Å²) in [6.07, 6.45) is -4.16. The summed E-state index contributed by atoms with van der Waals surface area (Å²) in [5, 5.41) is 13.1. The summed E-state index contributed by atoms with van der Waals surface area (Å²) in [5.74, 6) is 0. The van der Waals surface area contributed by atoms with Gasteiger partial charge in [0.1, 0.15) is 0 Å². The van der Waals surface area contributed by atoms with Gasteiger partial charge in [0.05, 0.1) is 6.42 Å². The second kappa shape index (κ2) is 7.32. The minimum atomic E-state index is -4.25. The van der Waals surface area contributed by atoms with Gasteiger partial charge in [-0.3, -0.25) is 0 Å². The summed E-state index contributed by atoms with van der Waals surface area (Å²) < 4.78 is 35.2. The van der Waals surface area contributed by atoms with Crippen LogP contribution in [-0.4, -0.2) is 36.5 Å². The Labute approximate surface area is 92.2 Å². The van der Waals surface area contributed by atoms with Gasteiger partial charge in [-0.15, -0.1) is 0 Å². The molecule has 0 radical (unpaired) electrons. The number of aliphatic hydroxyl groups is 1. The topological polar surface area (TPSA) is 61.4 Å². The van der Waals surface area contributed by atoms with Gasteiger partial charge in [0.2, 0.25) is 0 Å². The molecule has 0 aromatic rings. The second-order valence-electron chi connectivity index (χ2n) is 3.53. The SMILES string of the molecule is CC(CCCO)NC(=O)NCCC(F)(F)F. The highest BCUT2D eigenvalue weighted by Gasteiger charge is 2.26. The standard InChI is InChI=1S/C9H17F3N2O2/c1-7(3-2-6-15)14-8(16)13-5-4-9(10,11)12/h7,15H,2-6H2,1H3,(H2,13,14,16). The Morgan fingerprint density at radius 1 is 1.44 bits per heavy atom. The van der Waals surface area contributed by atoms with Gasteiger partial charge in [-0.05, 0) is 19.8 Å². The van der Waals surface area contributed by atoms with E-state index < -0.39 is 25.2 Å². The number of hydrogen-bond donors (Lipinski definition) is 3. The highest BCUT2D eigenvalue weighted by molar-refractivity contribution is 5.74. The van der Waals surface area contributed by atoms with E-state index in [4.69, 9.17) is 5.11 Å². The van der Waals surface area contributed by atoms with Crippen molar-refractivity contribution in [2.75, 3.05) is 13.2 Å². The number of hydrogen-bond acceptors (Lipinski definition) is 2. The number of rotatable bonds is 6. The van der Waals surface area contributed by atoms with E-state index in [1.165, 1.54) is 0 Å². The van der Waals surface area contributed by atoms with Crippen LogP contribution in [0.15, 0.2) is 0 Å². The number of carbonyl (C=O) groups excluding carboxylic acids is 1. The average Bonchev–Trinajstić information content (AvgIpc) is 2.12. The Hall–Kier alpha value is -0.980. The van der Waals surface area contributed by atoms with Crippen molar-refractivity contribution in [3.8, 4) is 0 Å². The van der Waals surface area contributed by atoms with Gasteiger partial charge in [-0.1, -0.05) is 0 Å². The number of nitrogens with one attached hydrogen (secondary N) is 2. The molecular weight excluding hydrogens is 225 g/mol. The van der Waals surface area contributed by atoms with Crippen molar-refractivity contribution < 1.29 is 23.1 Å². The van der Waals surface area contributed by atoms with Gasteiger partial charge < -0.3 is 15.7 Å². The molecule has 0 fully saturated rings. The molecule has 0 aromatic carbocycles. The van der Waals surface area contributed by atoms with Crippen LogP contribution >= 0.6 is 0 Å². The van der Waals surface area contributed by atoms with Gasteiger partial charge in [-0.25, -0.2) is 4.79 Å². The van der Waals surface area contributed by atoms with Crippen LogP contribution in [0.3, 0.4) is 0 Å². The van der Waals surface area contributed by atoms with Gasteiger partial charge >= 0.3 is 12.2 Å². The summed E-state index contributed by atoms with van der Waals surface area (Å²) in [6.45, 7) is 1.32. The molecule has 0 saturated carbocycles. The van der Waals surface area contributed by atoms with Gasteiger partial charge in [0.15, 0.2) is 0 Å². The molecule has 1 atom stereocenters. The van der Waals surface area contributed by atoms with E-state index in [0.717, 1.165) is 0 Å². The van der Waals surface area contributed by atoms with E-state index >= 15 is 0 Å². The zero-order chi connectivity index (χ0) is 12.6. The Morgan fingerprint density at radius 2 is 2.06 bits per heavy atom. The third-order valence-electron chi connectivity index (χ3n) is 1.87. The molecule has 0 bridgehead atoms. The second-order valence-corrected chi connectivity index (χ2v) is 3.53. The van der Waals surface area contributed by atoms with Crippen molar-refractivity contribution in [2.45, 2.75) is 38.4 Å². The maximum Gasteiger partial charge on any atom is 0.390 e. The lowest BCUT2D eigenvalue weighted by Gasteiger charge is -2.14. The minimum Gasteiger partial charge on any atom is -0.396 e. The molecule has 0 heterocycles. The number of halogens is 3. The maximum atomic E-state index is 11.7. The molecule has 0 saturated heterocycles. The molecule has 0 spiro atoms. The van der Waals surface area contributed by atoms with Crippen molar-refractivity contribution in [1.82, 2.24) is 10.6 Å². The summed E-state index contributed by atoms with van der Waals surface area (Å²) in [6, 6.07) is -0.785. The summed E-state index contributed by atoms with van der Waals surface area (Å²) in [7, 11) is 0. The van der Waals surface area contributed by atoms with E-state index in [1.807, 2.05) is 0 Å². The van der Waals surface area contributed by atoms with Gasteiger partial charge in [0.25, 0.3) is 0 Å². The number of amides is 2. The Bertz CT molecular complexity index is 209. The summed E-state index contributed by atoms with van der Waals surface area (Å²) >= 11 is 0. The fourth-order valence-corrected chi connectivity index (χ4v) is 1.06. The Morgan fingerprint density at radius 3 is 2.56 bits per heavy atom. The molecule has 4 nitrogen and oxygen atoms in total. The van der Waals surface area contributed by atoms with E-state index in [-0.39, 0.29) is 12.6 Å². The summed E-state index contributed by atoms with van der Waals surface area (Å²) in [4.78, 5) is 11.1. The number of aliphatic hydroxyl groups excluding tert-OH is 1. The van der Waals surface area contributed by atoms with E-state index in [9.17, 15) is 18.0 Å². The van der Waals surface area contributed by atoms with Crippen molar-refractivity contribution in [1.29, 1.82) is 0 Å². The quantitative estimate of drug-likeness (QED) is 0.659. The van der Waals surface area contributed by atoms with Crippen molar-refractivity contribution in [3.63, 3.8) is 0 Å². The third kappa shape index (κ3) is 9.57. The molecule has 96 valence electrons. The third-order valence-corrected chi connectivity index (χ3v) is 1.87. The van der Waals surface area contributed by atoms with Crippen LogP contribution < -0.4 is 10.6 Å². The largest absolute Gasteiger partial charge is 0.396 e. The molecule has 3 N–H and O–H groups in total. The first-order valence-electron chi connectivity index (χ1n) is 5.07. The highest BCUT2D eigenvalue weighted by atomic mass is 19.4. The number of urea groups is 1. The zero-order valence-electron chi connectivity index (χ0n) is 9.10. The lowest BCUT2D eigenvalue weighted by Crippen LogP contribution is -2.41. The molecule has 0 aliphatic heterocycles. The Kier molecular flexibility index (Phi) is 6.87. The average molecular weight is 242 g/mol. The van der Waals surface area contributed by atoms with Gasteiger partial charge in [-0.2, -0.15) is 13.2 Å². The predicted octanol–water partition coefficient (Wildman–Crippen LogP) is 1.40. The molecule has 0 aromatic heterocycles. The molecule has 0 rings (SSSR count). The molecule has 16 heavy (non-hydrogen) atoms. The molecule has 0 aliphatic rings. The first-order chi connectivity index (χ1) is 7.35. The number of carbonyl (C=O) groups is 1. The zero-order valence-corrected chi connectivity index (χ0v) is 9.10. The van der Waals surface area contributed by atoms with Crippen LogP contribution in [0, 0.1) is 0 Å². The fraction of sp³-hybridized carbons (Fsp3) is 0.889. The molecule has 7 heteroatoms. The summed E-state index contributed by atoms with van der Waals surface area (Å²) in [5.41, 5.74) is 0. The van der Waals surface area contributed by atoms with E-state index in [2.05, 4.69) is 10.6 Å². The van der Waals surface area contributed by atoms with E-state index in [0.29, 0.717) is 12.8 Å². The molecule has 2 amide bonds.